The maximum absolute atomic E-state index is 1.74. The van der Waals surface area contributed by atoms with Crippen LogP contribution in [0, 0.1) is 16.7 Å². The van der Waals surface area contributed by atoms with Gasteiger partial charge < -0.3 is 0 Å². The molecule has 3 heterocycles. The van der Waals surface area contributed by atoms with Gasteiger partial charge in [-0.3, -0.25) is 0 Å². The van der Waals surface area contributed by atoms with E-state index in [1.807, 2.05) is 0 Å². The third kappa shape index (κ3) is 0.309. The molecule has 5 fully saturated rings. The first-order chi connectivity index (χ1) is 4.82. The molecule has 0 aromatic carbocycles. The van der Waals surface area contributed by atoms with Crippen molar-refractivity contribution >= 4 is 8.80 Å². The van der Waals surface area contributed by atoms with Crippen LogP contribution in [0.1, 0.15) is 19.3 Å². The minimum atomic E-state index is 0.270. The van der Waals surface area contributed by atoms with Crippen molar-refractivity contribution in [2.75, 3.05) is 0 Å². The zero-order chi connectivity index (χ0) is 6.40. The van der Waals surface area contributed by atoms with Crippen LogP contribution in [0.4, 0.5) is 0 Å². The Morgan fingerprint density at radius 3 is 2.30 bits per heavy atom. The van der Waals surface area contributed by atoms with Gasteiger partial charge in [-0.2, -0.15) is 0 Å². The van der Waals surface area contributed by atoms with Crippen LogP contribution in [-0.4, -0.2) is 8.80 Å². The molecular formula is C9H13Si. The quantitative estimate of drug-likeness (QED) is 0.464. The van der Waals surface area contributed by atoms with E-state index in [1.165, 1.54) is 5.92 Å². The average molecular weight is 149 g/mol. The molecule has 2 unspecified atom stereocenters. The largest absolute Gasteiger partial charge is 0.0561 e. The van der Waals surface area contributed by atoms with Crippen molar-refractivity contribution in [1.82, 2.24) is 0 Å². The van der Waals surface area contributed by atoms with Gasteiger partial charge >= 0.3 is 0 Å². The van der Waals surface area contributed by atoms with Crippen molar-refractivity contribution in [2.45, 2.75) is 37.4 Å². The number of hydrogen-bond donors (Lipinski definition) is 0. The molecule has 53 valence electrons. The smallest absolute Gasteiger partial charge is 0.0493 e. The van der Waals surface area contributed by atoms with E-state index in [4.69, 9.17) is 0 Å². The first-order valence-corrected chi connectivity index (χ1v) is 6.78. The van der Waals surface area contributed by atoms with Gasteiger partial charge in [-0.15, -0.1) is 0 Å². The van der Waals surface area contributed by atoms with Crippen molar-refractivity contribution in [3.8, 4) is 0 Å². The monoisotopic (exact) mass is 149 g/mol. The summed E-state index contributed by atoms with van der Waals surface area (Å²) in [4.78, 5) is 0. The summed E-state index contributed by atoms with van der Waals surface area (Å²) in [7, 11) is 0.270. The molecule has 0 aromatic heterocycles. The molecule has 1 heteroatoms. The van der Waals surface area contributed by atoms with Crippen LogP contribution < -0.4 is 0 Å². The van der Waals surface area contributed by atoms with Gasteiger partial charge in [-0.25, -0.2) is 0 Å². The molecule has 10 heavy (non-hydrogen) atoms. The second kappa shape index (κ2) is 1.06. The Hall–Kier alpha value is 0.217. The van der Waals surface area contributed by atoms with E-state index < -0.39 is 0 Å². The summed E-state index contributed by atoms with van der Waals surface area (Å²) in [6.45, 7) is 0. The molecule has 0 amide bonds. The van der Waals surface area contributed by atoms with Crippen molar-refractivity contribution < 1.29 is 0 Å². The molecule has 5 aliphatic rings. The fourth-order valence-corrected chi connectivity index (χ4v) is 9.44. The summed E-state index contributed by atoms with van der Waals surface area (Å²) in [5, 5.41) is 0. The summed E-state index contributed by atoms with van der Waals surface area (Å²) in [5.41, 5.74) is 2.04. The third-order valence-corrected chi connectivity index (χ3v) is 8.30. The molecule has 2 saturated carbocycles. The maximum atomic E-state index is 1.74. The Kier molecular flexibility index (Phi) is 0.527. The summed E-state index contributed by atoms with van der Waals surface area (Å²) < 4.78 is 0. The standard InChI is InChI=1S/C9H13Si/c1-7-2-9-4-8(1,9)5-10(3-7)6-9/h7H,1-6H2. The molecule has 2 aliphatic carbocycles. The lowest BCUT2D eigenvalue weighted by Crippen LogP contribution is -2.26. The Labute approximate surface area is 63.6 Å². The van der Waals surface area contributed by atoms with E-state index in [0.29, 0.717) is 0 Å². The molecule has 0 N–H and O–H groups in total. The van der Waals surface area contributed by atoms with Crippen molar-refractivity contribution in [3.05, 3.63) is 0 Å². The van der Waals surface area contributed by atoms with Gasteiger partial charge in [0.15, 0.2) is 0 Å². The van der Waals surface area contributed by atoms with E-state index >= 15 is 0 Å². The van der Waals surface area contributed by atoms with E-state index in [-0.39, 0.29) is 8.80 Å². The summed E-state index contributed by atoms with van der Waals surface area (Å²) in [5.74, 6) is 1.24. The molecule has 2 atom stereocenters. The molecule has 1 radical (unpaired) electrons. The molecule has 3 saturated heterocycles. The van der Waals surface area contributed by atoms with Gasteiger partial charge in [0.1, 0.15) is 0 Å². The van der Waals surface area contributed by atoms with Crippen LogP contribution >= 0.6 is 0 Å². The highest BCUT2D eigenvalue weighted by Gasteiger charge is 2.77. The van der Waals surface area contributed by atoms with E-state index in [1.54, 1.807) is 37.4 Å². The van der Waals surface area contributed by atoms with Crippen LogP contribution in [0.15, 0.2) is 0 Å². The zero-order valence-corrected chi connectivity index (χ0v) is 7.32. The topological polar surface area (TPSA) is 0 Å². The molecule has 4 bridgehead atoms. The first-order valence-electron chi connectivity index (χ1n) is 4.66. The SMILES string of the molecule is C1C2CC34C[Si]1CC3(C2)C4. The first kappa shape index (κ1) is 4.97. The second-order valence-electron chi connectivity index (χ2n) is 5.32. The third-order valence-electron chi connectivity index (χ3n) is 4.79. The highest BCUT2D eigenvalue weighted by molar-refractivity contribution is 6.61. The summed E-state index contributed by atoms with van der Waals surface area (Å²) in [6.07, 6.45) is 5.01. The predicted octanol–water partition coefficient (Wildman–Crippen LogP) is 2.29. The van der Waals surface area contributed by atoms with Crippen molar-refractivity contribution in [3.63, 3.8) is 0 Å². The average Bonchev–Trinajstić information content (AvgIpc) is 2.18. The molecule has 0 aromatic rings. The minimum Gasteiger partial charge on any atom is -0.0561 e. The molecule has 5 rings (SSSR count). The summed E-state index contributed by atoms with van der Waals surface area (Å²) in [6, 6.07) is 5.20. The Balaban J connectivity index is 1.96. The van der Waals surface area contributed by atoms with Gasteiger partial charge in [-0.1, -0.05) is 18.1 Å². The minimum absolute atomic E-state index is 0.270. The number of hydrogen-bond acceptors (Lipinski definition) is 0. The fraction of sp³-hybridized carbons (Fsp3) is 1.00. The zero-order valence-electron chi connectivity index (χ0n) is 6.32. The molecule has 3 aliphatic heterocycles. The lowest BCUT2D eigenvalue weighted by molar-refractivity contribution is 0.429. The predicted molar refractivity (Wildman–Crippen MR) is 42.4 cm³/mol. The van der Waals surface area contributed by atoms with Crippen molar-refractivity contribution in [2.24, 2.45) is 16.7 Å². The Bertz CT molecular complexity index is 187. The van der Waals surface area contributed by atoms with E-state index in [9.17, 15) is 0 Å². The van der Waals surface area contributed by atoms with Gasteiger partial charge in [0.2, 0.25) is 0 Å². The van der Waals surface area contributed by atoms with Gasteiger partial charge in [0.25, 0.3) is 0 Å². The van der Waals surface area contributed by atoms with E-state index in [2.05, 4.69) is 0 Å². The maximum Gasteiger partial charge on any atom is 0.0493 e. The van der Waals surface area contributed by atoms with Gasteiger partial charge in [0.05, 0.1) is 0 Å². The Morgan fingerprint density at radius 2 is 1.80 bits per heavy atom. The lowest BCUT2D eigenvalue weighted by atomic mass is 9.99. The van der Waals surface area contributed by atoms with Gasteiger partial charge in [-0.05, 0) is 36.0 Å². The van der Waals surface area contributed by atoms with E-state index in [0.717, 1.165) is 10.8 Å². The van der Waals surface area contributed by atoms with Crippen LogP contribution in [0.2, 0.25) is 18.1 Å². The highest BCUT2D eigenvalue weighted by Crippen LogP contribution is 2.86. The summed E-state index contributed by atoms with van der Waals surface area (Å²) >= 11 is 0. The van der Waals surface area contributed by atoms with Crippen LogP contribution in [-0.2, 0) is 0 Å². The molecule has 0 nitrogen and oxygen atoms in total. The highest BCUT2D eigenvalue weighted by atomic mass is 28.3. The normalized spacial score (nSPS) is 69.0. The lowest BCUT2D eigenvalue weighted by Gasteiger charge is -2.30. The molecule has 2 spiro atoms. The van der Waals surface area contributed by atoms with Crippen LogP contribution in [0.5, 0.6) is 0 Å². The van der Waals surface area contributed by atoms with Crippen LogP contribution in [0.25, 0.3) is 0 Å². The van der Waals surface area contributed by atoms with Gasteiger partial charge in [0, 0.05) is 8.80 Å². The number of rotatable bonds is 0. The van der Waals surface area contributed by atoms with Crippen molar-refractivity contribution in [1.29, 1.82) is 0 Å². The second-order valence-corrected chi connectivity index (χ2v) is 7.93. The Morgan fingerprint density at radius 1 is 1.10 bits per heavy atom. The fourth-order valence-electron chi connectivity index (χ4n) is 4.72. The van der Waals surface area contributed by atoms with Crippen LogP contribution in [0.3, 0.4) is 0 Å². The molecular weight excluding hydrogens is 136 g/mol.